The van der Waals surface area contributed by atoms with Crippen LogP contribution in [-0.2, 0) is 6.54 Å². The largest absolute Gasteiger partial charge is 0.492 e. The van der Waals surface area contributed by atoms with Gasteiger partial charge in [-0.25, -0.2) is 0 Å². The van der Waals surface area contributed by atoms with E-state index >= 15 is 0 Å². The molecule has 2 fully saturated rings. The number of ether oxygens (including phenoxy) is 1. The molecule has 128 valence electrons. The third-order valence-corrected chi connectivity index (χ3v) is 6.06. The van der Waals surface area contributed by atoms with Gasteiger partial charge in [-0.15, -0.1) is 0 Å². The lowest BCUT2D eigenvalue weighted by Gasteiger charge is -2.40. The van der Waals surface area contributed by atoms with E-state index in [0.29, 0.717) is 6.61 Å². The van der Waals surface area contributed by atoms with Crippen LogP contribution in [0.15, 0.2) is 18.2 Å². The van der Waals surface area contributed by atoms with E-state index < -0.39 is 0 Å². The van der Waals surface area contributed by atoms with Gasteiger partial charge in [0.05, 0.1) is 11.6 Å². The van der Waals surface area contributed by atoms with E-state index in [-0.39, 0.29) is 0 Å². The van der Waals surface area contributed by atoms with Gasteiger partial charge in [0.25, 0.3) is 0 Å². The number of benzene rings is 1. The van der Waals surface area contributed by atoms with Crippen molar-refractivity contribution in [2.45, 2.75) is 32.4 Å². The number of hydrogen-bond donors (Lipinski definition) is 0. The second-order valence-corrected chi connectivity index (χ2v) is 7.99. The van der Waals surface area contributed by atoms with Gasteiger partial charge in [0.2, 0.25) is 0 Å². The van der Waals surface area contributed by atoms with Gasteiger partial charge in [0.1, 0.15) is 5.75 Å². The molecule has 0 aliphatic carbocycles. The Balaban J connectivity index is 1.49. The maximum Gasteiger partial charge on any atom is 0.137 e. The van der Waals surface area contributed by atoms with E-state index in [9.17, 15) is 0 Å². The summed E-state index contributed by atoms with van der Waals surface area (Å²) in [5, 5.41) is 0.727. The van der Waals surface area contributed by atoms with Gasteiger partial charge in [-0.3, -0.25) is 9.80 Å². The molecular formula is C18H27ClN2OS. The summed E-state index contributed by atoms with van der Waals surface area (Å²) in [6, 6.07) is 7.00. The van der Waals surface area contributed by atoms with Gasteiger partial charge < -0.3 is 4.74 Å². The minimum absolute atomic E-state index is 0.654. The molecule has 0 aromatic heterocycles. The van der Waals surface area contributed by atoms with Gasteiger partial charge in [-0.05, 0) is 50.6 Å². The number of thioether (sulfide) groups is 1. The average molecular weight is 355 g/mol. The molecule has 0 amide bonds. The first-order valence-electron chi connectivity index (χ1n) is 8.71. The fourth-order valence-corrected chi connectivity index (χ4v) is 4.75. The van der Waals surface area contributed by atoms with Gasteiger partial charge in [-0.2, -0.15) is 11.8 Å². The van der Waals surface area contributed by atoms with Crippen molar-refractivity contribution in [2.75, 3.05) is 44.3 Å². The Morgan fingerprint density at radius 1 is 1.17 bits per heavy atom. The van der Waals surface area contributed by atoms with Crippen LogP contribution in [0.25, 0.3) is 0 Å². The molecule has 23 heavy (non-hydrogen) atoms. The van der Waals surface area contributed by atoms with Gasteiger partial charge >= 0.3 is 0 Å². The van der Waals surface area contributed by atoms with E-state index in [0.717, 1.165) is 23.4 Å². The van der Waals surface area contributed by atoms with Crippen molar-refractivity contribution in [3.63, 3.8) is 0 Å². The summed E-state index contributed by atoms with van der Waals surface area (Å²) in [4.78, 5) is 5.27. The molecule has 0 bridgehead atoms. The van der Waals surface area contributed by atoms with E-state index in [1.165, 1.54) is 56.1 Å². The molecule has 3 nitrogen and oxygen atoms in total. The van der Waals surface area contributed by atoms with Crippen LogP contribution in [0.1, 0.15) is 25.3 Å². The number of halogens is 1. The Bertz CT molecular complexity index is 500. The summed E-state index contributed by atoms with van der Waals surface area (Å²) < 4.78 is 5.51. The molecule has 5 heteroatoms. The molecule has 0 spiro atoms. The predicted molar refractivity (Wildman–Crippen MR) is 99.8 cm³/mol. The van der Waals surface area contributed by atoms with Crippen molar-refractivity contribution in [1.82, 2.24) is 9.80 Å². The predicted octanol–water partition coefficient (Wildman–Crippen LogP) is 3.75. The zero-order valence-electron chi connectivity index (χ0n) is 14.0. The topological polar surface area (TPSA) is 15.7 Å². The lowest BCUT2D eigenvalue weighted by atomic mass is 10.0. The Hall–Kier alpha value is -0.420. The van der Waals surface area contributed by atoms with E-state index in [2.05, 4.69) is 33.7 Å². The van der Waals surface area contributed by atoms with Gasteiger partial charge in [0, 0.05) is 37.2 Å². The standard InChI is InChI=1S/C18H27ClN2OS/c1-2-22-18-4-3-15(13-17(18)19)14-20-7-5-16(6-8-20)21-9-11-23-12-10-21/h3-4,13,16H,2,5-12,14H2,1H3. The van der Waals surface area contributed by atoms with Crippen LogP contribution in [0.2, 0.25) is 5.02 Å². The molecule has 0 atom stereocenters. The Labute approximate surface area is 149 Å². The fraction of sp³-hybridized carbons (Fsp3) is 0.667. The Morgan fingerprint density at radius 2 is 1.91 bits per heavy atom. The fourth-order valence-electron chi connectivity index (χ4n) is 3.56. The molecular weight excluding hydrogens is 328 g/mol. The van der Waals surface area contributed by atoms with Gasteiger partial charge in [-0.1, -0.05) is 17.7 Å². The summed E-state index contributed by atoms with van der Waals surface area (Å²) in [6.07, 6.45) is 2.60. The molecule has 0 radical (unpaired) electrons. The van der Waals surface area contributed by atoms with Crippen LogP contribution in [0.5, 0.6) is 5.75 Å². The summed E-state index contributed by atoms with van der Waals surface area (Å²) in [5.41, 5.74) is 1.28. The lowest BCUT2D eigenvalue weighted by Crippen LogP contribution is -2.47. The van der Waals surface area contributed by atoms with Crippen LogP contribution >= 0.6 is 23.4 Å². The third-order valence-electron chi connectivity index (χ3n) is 4.82. The summed E-state index contributed by atoms with van der Waals surface area (Å²) in [5.74, 6) is 3.41. The molecule has 2 aliphatic rings. The van der Waals surface area contributed by atoms with E-state index in [4.69, 9.17) is 16.3 Å². The quantitative estimate of drug-likeness (QED) is 0.799. The number of rotatable bonds is 5. The number of piperidine rings is 1. The summed E-state index contributed by atoms with van der Waals surface area (Å²) in [7, 11) is 0. The van der Waals surface area contributed by atoms with E-state index in [1.807, 2.05) is 13.0 Å². The van der Waals surface area contributed by atoms with Crippen LogP contribution in [0.3, 0.4) is 0 Å². The van der Waals surface area contributed by atoms with E-state index in [1.54, 1.807) is 0 Å². The molecule has 2 saturated heterocycles. The first-order valence-corrected chi connectivity index (χ1v) is 10.2. The minimum Gasteiger partial charge on any atom is -0.492 e. The van der Waals surface area contributed by atoms with Crippen molar-refractivity contribution in [3.8, 4) is 5.75 Å². The normalized spacial score (nSPS) is 21.5. The lowest BCUT2D eigenvalue weighted by molar-refractivity contribution is 0.112. The van der Waals surface area contributed by atoms with Crippen LogP contribution < -0.4 is 4.74 Å². The molecule has 0 unspecified atom stereocenters. The highest BCUT2D eigenvalue weighted by atomic mass is 35.5. The highest BCUT2D eigenvalue weighted by molar-refractivity contribution is 7.99. The number of nitrogens with zero attached hydrogens (tertiary/aromatic N) is 2. The Kier molecular flexibility index (Phi) is 6.52. The minimum atomic E-state index is 0.654. The number of likely N-dealkylation sites (tertiary alicyclic amines) is 1. The van der Waals surface area contributed by atoms with Crippen LogP contribution in [0, 0.1) is 0 Å². The monoisotopic (exact) mass is 354 g/mol. The molecule has 3 rings (SSSR count). The van der Waals surface area contributed by atoms with Crippen molar-refractivity contribution >= 4 is 23.4 Å². The maximum absolute atomic E-state index is 6.30. The van der Waals surface area contributed by atoms with Crippen molar-refractivity contribution < 1.29 is 4.74 Å². The highest BCUT2D eigenvalue weighted by Crippen LogP contribution is 2.27. The van der Waals surface area contributed by atoms with Gasteiger partial charge in [0.15, 0.2) is 0 Å². The molecule has 1 aromatic rings. The molecule has 2 aliphatic heterocycles. The number of hydrogen-bond acceptors (Lipinski definition) is 4. The second kappa shape index (κ2) is 8.61. The van der Waals surface area contributed by atoms with Crippen LogP contribution in [0.4, 0.5) is 0 Å². The zero-order valence-corrected chi connectivity index (χ0v) is 15.5. The van der Waals surface area contributed by atoms with Crippen molar-refractivity contribution in [2.24, 2.45) is 0 Å². The highest BCUT2D eigenvalue weighted by Gasteiger charge is 2.25. The molecule has 2 heterocycles. The van der Waals surface area contributed by atoms with Crippen molar-refractivity contribution in [3.05, 3.63) is 28.8 Å². The smallest absolute Gasteiger partial charge is 0.137 e. The molecule has 1 aromatic carbocycles. The Morgan fingerprint density at radius 3 is 2.57 bits per heavy atom. The SMILES string of the molecule is CCOc1ccc(CN2CCC(N3CCSCC3)CC2)cc1Cl. The third kappa shape index (κ3) is 4.79. The van der Waals surface area contributed by atoms with Crippen LogP contribution in [-0.4, -0.2) is 60.1 Å². The second-order valence-electron chi connectivity index (χ2n) is 6.35. The molecule has 0 N–H and O–H groups in total. The average Bonchev–Trinajstić information content (AvgIpc) is 2.59. The summed E-state index contributed by atoms with van der Waals surface area (Å²) >= 11 is 8.39. The summed E-state index contributed by atoms with van der Waals surface area (Å²) in [6.45, 7) is 8.58. The molecule has 0 saturated carbocycles. The zero-order chi connectivity index (χ0) is 16.1. The maximum atomic E-state index is 6.30. The first-order chi connectivity index (χ1) is 11.3. The van der Waals surface area contributed by atoms with Crippen molar-refractivity contribution in [1.29, 1.82) is 0 Å². The first kappa shape index (κ1) is 17.4.